The van der Waals surface area contributed by atoms with Crippen molar-refractivity contribution in [2.24, 2.45) is 12.8 Å². The Bertz CT molecular complexity index is 1880. The highest BCUT2D eigenvalue weighted by molar-refractivity contribution is 7.85. The molecule has 4 aromatic rings. The fraction of sp³-hybridized carbons (Fsp3) is 0.444. The van der Waals surface area contributed by atoms with Crippen LogP contribution >= 0.6 is 0 Å². The summed E-state index contributed by atoms with van der Waals surface area (Å²) in [5.74, 6) is 6.75. The number of piperidine rings is 1. The highest BCUT2D eigenvalue weighted by Crippen LogP contribution is 2.23. The van der Waals surface area contributed by atoms with Crippen LogP contribution in [0.4, 0.5) is 5.95 Å². The van der Waals surface area contributed by atoms with Crippen molar-refractivity contribution < 1.29 is 13.0 Å². The lowest BCUT2D eigenvalue weighted by Crippen LogP contribution is -2.44. The first-order valence-corrected chi connectivity index (χ1v) is 14.8. The van der Waals surface area contributed by atoms with Crippen LogP contribution < -0.4 is 21.9 Å². The third-order valence-corrected chi connectivity index (χ3v) is 7.60. The zero-order valence-electron chi connectivity index (χ0n) is 23.5. The van der Waals surface area contributed by atoms with E-state index in [1.54, 1.807) is 18.5 Å². The minimum Gasteiger partial charge on any atom is -0.341 e. The highest BCUT2D eigenvalue weighted by Gasteiger charge is 2.26. The zero-order valence-corrected chi connectivity index (χ0v) is 24.3. The lowest BCUT2D eigenvalue weighted by Gasteiger charge is -2.31. The van der Waals surface area contributed by atoms with Crippen LogP contribution in [0, 0.1) is 18.8 Å². The van der Waals surface area contributed by atoms with Gasteiger partial charge >= 0.3 is 5.69 Å². The first-order chi connectivity index (χ1) is 19.4. The molecule has 0 radical (unpaired) electrons. The van der Waals surface area contributed by atoms with E-state index in [2.05, 4.69) is 26.7 Å². The predicted octanol–water partition coefficient (Wildman–Crippen LogP) is 1.04. The van der Waals surface area contributed by atoms with Crippen LogP contribution in [0.15, 0.2) is 33.9 Å². The molecule has 0 unspecified atom stereocenters. The van der Waals surface area contributed by atoms with Gasteiger partial charge in [0.2, 0.25) is 5.95 Å². The van der Waals surface area contributed by atoms with Crippen molar-refractivity contribution >= 4 is 38.1 Å². The van der Waals surface area contributed by atoms with Gasteiger partial charge in [-0.25, -0.2) is 14.8 Å². The first-order valence-electron chi connectivity index (χ1n) is 13.2. The van der Waals surface area contributed by atoms with Crippen molar-refractivity contribution in [2.75, 3.05) is 23.7 Å². The number of aromatic nitrogens is 6. The molecule has 0 aliphatic carbocycles. The summed E-state index contributed by atoms with van der Waals surface area (Å²) in [7, 11) is -2.04. The van der Waals surface area contributed by atoms with Gasteiger partial charge in [0.25, 0.3) is 15.7 Å². The molecule has 218 valence electrons. The second-order valence-electron chi connectivity index (χ2n) is 9.79. The van der Waals surface area contributed by atoms with Crippen LogP contribution in [0.3, 0.4) is 0 Å². The number of anilines is 1. The van der Waals surface area contributed by atoms with Crippen LogP contribution in [0.2, 0.25) is 0 Å². The SMILES string of the molecule is CC#CCn1c(N2CCC[C@@H](N)C2)nc2c1c(=O)n(Cc1nc(C)c3ccccc3n1)c(=O)n2C.CCS(=O)(=O)O. The van der Waals surface area contributed by atoms with E-state index in [9.17, 15) is 18.0 Å². The number of hydrogen-bond acceptors (Lipinski definition) is 9. The maximum absolute atomic E-state index is 13.7. The molecule has 3 N–H and O–H groups in total. The molecule has 0 saturated carbocycles. The fourth-order valence-corrected chi connectivity index (χ4v) is 4.75. The van der Waals surface area contributed by atoms with Gasteiger partial charge in [-0.1, -0.05) is 24.1 Å². The van der Waals surface area contributed by atoms with Crippen LogP contribution in [0.25, 0.3) is 22.1 Å². The van der Waals surface area contributed by atoms with Crippen molar-refractivity contribution in [3.05, 3.63) is 56.6 Å². The minimum atomic E-state index is -3.66. The smallest absolute Gasteiger partial charge is 0.332 e. The van der Waals surface area contributed by atoms with E-state index in [0.717, 1.165) is 36.0 Å². The minimum absolute atomic E-state index is 0.0306. The molecular formula is C27H34N8O5S. The molecule has 1 fully saturated rings. The molecule has 41 heavy (non-hydrogen) atoms. The van der Waals surface area contributed by atoms with Gasteiger partial charge in [0.05, 0.1) is 24.4 Å². The van der Waals surface area contributed by atoms with Crippen LogP contribution in [0.1, 0.15) is 38.2 Å². The Labute approximate surface area is 237 Å². The van der Waals surface area contributed by atoms with E-state index < -0.39 is 21.4 Å². The summed E-state index contributed by atoms with van der Waals surface area (Å²) in [6, 6.07) is 7.71. The van der Waals surface area contributed by atoms with Crippen molar-refractivity contribution in [3.8, 4) is 11.8 Å². The number of imidazole rings is 1. The molecule has 3 aromatic heterocycles. The van der Waals surface area contributed by atoms with Gasteiger partial charge in [0.1, 0.15) is 5.82 Å². The van der Waals surface area contributed by atoms with Gasteiger partial charge in [-0.15, -0.1) is 5.92 Å². The molecule has 0 bridgehead atoms. The van der Waals surface area contributed by atoms with Gasteiger partial charge in [-0.2, -0.15) is 13.4 Å². The molecule has 0 spiro atoms. The summed E-state index contributed by atoms with van der Waals surface area (Å²) >= 11 is 0. The van der Waals surface area contributed by atoms with E-state index in [-0.39, 0.29) is 24.9 Å². The molecule has 14 heteroatoms. The Morgan fingerprint density at radius 3 is 2.51 bits per heavy atom. The fourth-order valence-electron chi connectivity index (χ4n) is 4.75. The second-order valence-corrected chi connectivity index (χ2v) is 11.5. The molecule has 4 heterocycles. The number of nitrogens with zero attached hydrogens (tertiary/aromatic N) is 7. The van der Waals surface area contributed by atoms with Crippen LogP contribution in [-0.2, 0) is 30.3 Å². The number of fused-ring (bicyclic) bond motifs is 2. The normalized spacial score (nSPS) is 15.4. The molecule has 1 atom stereocenters. The standard InChI is InChI=1S/C25H28N8O2.C2H6O3S/c1-4-5-13-32-21-22(29-24(32)31-12-8-9-17(26)14-31)30(3)25(35)33(23(21)34)15-20-27-16(2)18-10-6-7-11-19(18)28-20;1-2-6(3,4)5/h6-7,10-11,17H,8-9,12-15,26H2,1-3H3;2H2,1H3,(H,3,4,5)/t17-;/m1./s1. The quantitative estimate of drug-likeness (QED) is 0.256. The Morgan fingerprint density at radius 2 is 1.85 bits per heavy atom. The number of rotatable bonds is 5. The van der Waals surface area contributed by atoms with Gasteiger partial charge < -0.3 is 10.6 Å². The Balaban J connectivity index is 0.000000585. The molecule has 13 nitrogen and oxygen atoms in total. The van der Waals surface area contributed by atoms with Gasteiger partial charge in [0.15, 0.2) is 11.2 Å². The van der Waals surface area contributed by atoms with Crippen molar-refractivity contribution in [1.29, 1.82) is 0 Å². The van der Waals surface area contributed by atoms with E-state index in [1.807, 2.05) is 31.2 Å². The van der Waals surface area contributed by atoms with E-state index >= 15 is 0 Å². The highest BCUT2D eigenvalue weighted by atomic mass is 32.2. The van der Waals surface area contributed by atoms with Gasteiger partial charge in [-0.3, -0.25) is 23.0 Å². The Hall–Kier alpha value is -4.06. The number of nitrogens with two attached hydrogens (primary N) is 1. The van der Waals surface area contributed by atoms with Gasteiger partial charge in [-0.05, 0) is 39.7 Å². The summed E-state index contributed by atoms with van der Waals surface area (Å²) in [6.45, 7) is 6.68. The Morgan fingerprint density at radius 1 is 1.15 bits per heavy atom. The second kappa shape index (κ2) is 12.2. The average Bonchev–Trinajstić information content (AvgIpc) is 3.33. The monoisotopic (exact) mass is 582 g/mol. The summed E-state index contributed by atoms with van der Waals surface area (Å²) in [6.07, 6.45) is 1.88. The Kier molecular flexibility index (Phi) is 8.91. The van der Waals surface area contributed by atoms with Crippen LogP contribution in [0.5, 0.6) is 0 Å². The van der Waals surface area contributed by atoms with Crippen LogP contribution in [-0.4, -0.2) is 66.5 Å². The number of hydrogen-bond donors (Lipinski definition) is 2. The third kappa shape index (κ3) is 6.48. The van der Waals surface area contributed by atoms with Crippen molar-refractivity contribution in [1.82, 2.24) is 28.7 Å². The van der Waals surface area contributed by atoms with Crippen molar-refractivity contribution in [2.45, 2.75) is 52.7 Å². The largest absolute Gasteiger partial charge is 0.341 e. The topological polar surface area (TPSA) is 171 Å². The van der Waals surface area contributed by atoms with Gasteiger partial charge in [0, 0.05) is 37.3 Å². The summed E-state index contributed by atoms with van der Waals surface area (Å²) in [5, 5.41) is 0.938. The van der Waals surface area contributed by atoms with E-state index in [4.69, 9.17) is 15.3 Å². The first kappa shape index (κ1) is 29.9. The molecule has 1 aromatic carbocycles. The number of para-hydroxylation sites is 1. The summed E-state index contributed by atoms with van der Waals surface area (Å²) < 4.78 is 31.3. The van der Waals surface area contributed by atoms with E-state index in [1.165, 1.54) is 16.1 Å². The number of benzene rings is 1. The average molecular weight is 583 g/mol. The molecule has 5 rings (SSSR count). The summed E-state index contributed by atoms with van der Waals surface area (Å²) in [5.41, 5.74) is 7.54. The maximum Gasteiger partial charge on any atom is 0.332 e. The molecule has 1 aliphatic heterocycles. The van der Waals surface area contributed by atoms with E-state index in [0.29, 0.717) is 29.5 Å². The number of aryl methyl sites for hydroxylation is 2. The molecule has 1 saturated heterocycles. The molecule has 0 amide bonds. The lowest BCUT2D eigenvalue weighted by atomic mass is 10.1. The molecular weight excluding hydrogens is 548 g/mol. The predicted molar refractivity (Wildman–Crippen MR) is 158 cm³/mol. The summed E-state index contributed by atoms with van der Waals surface area (Å²) in [4.78, 5) is 43.0. The zero-order chi connectivity index (χ0) is 29.9. The van der Waals surface area contributed by atoms with Crippen molar-refractivity contribution in [3.63, 3.8) is 0 Å². The maximum atomic E-state index is 13.7. The third-order valence-electron chi connectivity index (χ3n) is 6.87. The molecule has 1 aliphatic rings. The lowest BCUT2D eigenvalue weighted by molar-refractivity contribution is 0.484.